The molecule has 16 heavy (non-hydrogen) atoms. The van der Waals surface area contributed by atoms with E-state index in [1.807, 2.05) is 11.8 Å². The van der Waals surface area contributed by atoms with Crippen LogP contribution in [0, 0.1) is 5.92 Å². The van der Waals surface area contributed by atoms with Crippen molar-refractivity contribution < 1.29 is 0 Å². The Morgan fingerprint density at radius 1 is 1.44 bits per heavy atom. The highest BCUT2D eigenvalue weighted by atomic mass is 32.2. The van der Waals surface area contributed by atoms with Crippen LogP contribution in [-0.4, -0.2) is 17.0 Å². The molecule has 1 N–H and O–H groups in total. The molecule has 4 heteroatoms. The van der Waals surface area contributed by atoms with E-state index < -0.39 is 0 Å². The Hall–Kier alpha value is -0.480. The number of aliphatic imine (C=N–C) groups is 1. The number of hydrogen-bond donors (Lipinski definition) is 1. The lowest BCUT2D eigenvalue weighted by atomic mass is 10.1. The molecule has 0 fully saturated rings. The molecular formula is C12H18N2S2. The van der Waals surface area contributed by atoms with Crippen molar-refractivity contribution in [3.05, 3.63) is 22.4 Å². The Morgan fingerprint density at radius 2 is 2.25 bits per heavy atom. The predicted molar refractivity (Wildman–Crippen MR) is 74.4 cm³/mol. The minimum atomic E-state index is 0.372. The molecule has 2 nitrogen and oxygen atoms in total. The average molecular weight is 254 g/mol. The Morgan fingerprint density at radius 3 is 2.81 bits per heavy atom. The molecule has 1 aromatic heterocycles. The highest BCUT2D eigenvalue weighted by Crippen LogP contribution is 2.25. The lowest BCUT2D eigenvalue weighted by Gasteiger charge is -2.12. The van der Waals surface area contributed by atoms with Crippen molar-refractivity contribution >= 4 is 28.3 Å². The Bertz CT molecular complexity index is 357. The summed E-state index contributed by atoms with van der Waals surface area (Å²) < 4.78 is 0. The number of amidine groups is 1. The van der Waals surface area contributed by atoms with Gasteiger partial charge in [0.2, 0.25) is 0 Å². The van der Waals surface area contributed by atoms with Crippen molar-refractivity contribution in [2.24, 2.45) is 10.9 Å². The summed E-state index contributed by atoms with van der Waals surface area (Å²) in [6.45, 7) is 6.67. The molecule has 0 bridgehead atoms. The number of thioether (sulfide) groups is 1. The second-order valence-electron chi connectivity index (χ2n) is 4.44. The van der Waals surface area contributed by atoms with Crippen LogP contribution in [0.2, 0.25) is 0 Å². The average Bonchev–Trinajstić information content (AvgIpc) is 2.87. The van der Waals surface area contributed by atoms with Crippen LogP contribution in [0.5, 0.6) is 0 Å². The van der Waals surface area contributed by atoms with Crippen LogP contribution in [0.15, 0.2) is 22.5 Å². The molecule has 88 valence electrons. The highest BCUT2D eigenvalue weighted by Gasteiger charge is 2.22. The topological polar surface area (TPSA) is 24.4 Å². The number of nitrogens with zero attached hydrogens (tertiary/aromatic N) is 1. The van der Waals surface area contributed by atoms with Gasteiger partial charge >= 0.3 is 0 Å². The Kier molecular flexibility index (Phi) is 3.92. The Balaban J connectivity index is 1.94. The maximum atomic E-state index is 4.71. The van der Waals surface area contributed by atoms with Gasteiger partial charge in [0.25, 0.3) is 0 Å². The van der Waals surface area contributed by atoms with Gasteiger partial charge in [-0.15, -0.1) is 11.3 Å². The van der Waals surface area contributed by atoms with E-state index in [4.69, 9.17) is 4.99 Å². The summed E-state index contributed by atoms with van der Waals surface area (Å²) in [6, 6.07) is 5.13. The van der Waals surface area contributed by atoms with Crippen molar-refractivity contribution in [1.29, 1.82) is 0 Å². The van der Waals surface area contributed by atoms with Gasteiger partial charge in [-0.25, -0.2) is 0 Å². The first-order chi connectivity index (χ1) is 7.66. The summed E-state index contributed by atoms with van der Waals surface area (Å²) in [5, 5.41) is 6.72. The van der Waals surface area contributed by atoms with E-state index >= 15 is 0 Å². The molecule has 2 rings (SSSR count). The summed E-state index contributed by atoms with van der Waals surface area (Å²) >= 11 is 3.64. The minimum absolute atomic E-state index is 0.372. The molecule has 1 aromatic rings. The molecule has 1 unspecified atom stereocenters. The second-order valence-corrected chi connectivity index (χ2v) is 6.43. The fourth-order valence-electron chi connectivity index (χ4n) is 1.60. The number of nitrogens with one attached hydrogen (secondary N) is 1. The number of thiophene rings is 1. The first kappa shape index (κ1) is 12.0. The normalized spacial score (nSPS) is 22.2. The van der Waals surface area contributed by atoms with Gasteiger partial charge in [-0.05, 0) is 24.3 Å². The van der Waals surface area contributed by atoms with Crippen LogP contribution >= 0.6 is 23.1 Å². The van der Waals surface area contributed by atoms with E-state index in [1.54, 1.807) is 11.3 Å². The summed E-state index contributed by atoms with van der Waals surface area (Å²) in [7, 11) is 0. The Labute approximate surface area is 106 Å². The number of hydrogen-bond acceptors (Lipinski definition) is 4. The maximum absolute atomic E-state index is 4.71. The zero-order valence-corrected chi connectivity index (χ0v) is 11.6. The van der Waals surface area contributed by atoms with Crippen LogP contribution in [0.1, 0.15) is 31.7 Å². The fourth-order valence-corrected chi connectivity index (χ4v) is 3.60. The van der Waals surface area contributed by atoms with Gasteiger partial charge in [0.1, 0.15) is 0 Å². The van der Waals surface area contributed by atoms with Crippen LogP contribution < -0.4 is 5.32 Å². The fraction of sp³-hybridized carbons (Fsp3) is 0.583. The van der Waals surface area contributed by atoms with Gasteiger partial charge in [0.15, 0.2) is 5.17 Å². The third-order valence-corrected chi connectivity index (χ3v) is 4.81. The zero-order chi connectivity index (χ0) is 11.5. The molecule has 2 atom stereocenters. The van der Waals surface area contributed by atoms with E-state index in [0.29, 0.717) is 18.0 Å². The van der Waals surface area contributed by atoms with Crippen LogP contribution in [0.4, 0.5) is 0 Å². The standard InChI is InChI=1S/C12H18N2S2/c1-8(2)10-7-16-12(14-10)13-9(3)11-5-4-6-15-11/h4-6,8-10H,7H2,1-3H3,(H,13,14)/t9?,10-/m1/s1. The first-order valence-corrected chi connectivity index (χ1v) is 7.54. The smallest absolute Gasteiger partial charge is 0.157 e. The molecule has 0 aliphatic carbocycles. The molecular weight excluding hydrogens is 236 g/mol. The van der Waals surface area contributed by atoms with Crippen LogP contribution in [-0.2, 0) is 0 Å². The van der Waals surface area contributed by atoms with Crippen molar-refractivity contribution in [2.75, 3.05) is 5.75 Å². The van der Waals surface area contributed by atoms with E-state index in [1.165, 1.54) is 4.88 Å². The molecule has 0 amide bonds. The van der Waals surface area contributed by atoms with Crippen LogP contribution in [0.3, 0.4) is 0 Å². The first-order valence-electron chi connectivity index (χ1n) is 5.67. The molecule has 0 aromatic carbocycles. The van der Waals surface area contributed by atoms with E-state index in [2.05, 4.69) is 43.6 Å². The lowest BCUT2D eigenvalue weighted by molar-refractivity contribution is 0.541. The second kappa shape index (κ2) is 5.23. The molecule has 0 radical (unpaired) electrons. The summed E-state index contributed by atoms with van der Waals surface area (Å²) in [5.74, 6) is 1.76. The van der Waals surface area contributed by atoms with Gasteiger partial charge in [-0.2, -0.15) is 0 Å². The largest absolute Gasteiger partial charge is 0.358 e. The quantitative estimate of drug-likeness (QED) is 0.892. The van der Waals surface area contributed by atoms with Crippen molar-refractivity contribution in [3.8, 4) is 0 Å². The van der Waals surface area contributed by atoms with Crippen molar-refractivity contribution in [3.63, 3.8) is 0 Å². The molecule has 2 heterocycles. The number of rotatable bonds is 3. The van der Waals surface area contributed by atoms with Gasteiger partial charge in [-0.1, -0.05) is 31.7 Å². The highest BCUT2D eigenvalue weighted by molar-refractivity contribution is 8.14. The third-order valence-electron chi connectivity index (χ3n) is 2.75. The van der Waals surface area contributed by atoms with Gasteiger partial charge < -0.3 is 5.32 Å². The molecule has 0 saturated carbocycles. The predicted octanol–water partition coefficient (Wildman–Crippen LogP) is 3.53. The van der Waals surface area contributed by atoms with Crippen LogP contribution in [0.25, 0.3) is 0 Å². The van der Waals surface area contributed by atoms with Crippen molar-refractivity contribution in [1.82, 2.24) is 5.32 Å². The van der Waals surface area contributed by atoms with E-state index in [9.17, 15) is 0 Å². The van der Waals surface area contributed by atoms with Crippen molar-refractivity contribution in [2.45, 2.75) is 32.9 Å². The van der Waals surface area contributed by atoms with Gasteiger partial charge in [0.05, 0.1) is 12.1 Å². The third kappa shape index (κ3) is 2.80. The minimum Gasteiger partial charge on any atom is -0.358 e. The summed E-state index contributed by atoms with van der Waals surface area (Å²) in [6.07, 6.45) is 0. The molecule has 0 spiro atoms. The maximum Gasteiger partial charge on any atom is 0.157 e. The van der Waals surface area contributed by atoms with Gasteiger partial charge in [0, 0.05) is 10.6 Å². The molecule has 1 aliphatic rings. The monoisotopic (exact) mass is 254 g/mol. The van der Waals surface area contributed by atoms with E-state index in [0.717, 1.165) is 10.9 Å². The SMILES string of the molecule is CC(NC1=N[C@@H](C(C)C)CS1)c1cccs1. The summed E-state index contributed by atoms with van der Waals surface area (Å²) in [5.41, 5.74) is 0. The van der Waals surface area contributed by atoms with E-state index in [-0.39, 0.29) is 0 Å². The van der Waals surface area contributed by atoms with Gasteiger partial charge in [-0.3, -0.25) is 4.99 Å². The zero-order valence-electron chi connectivity index (χ0n) is 9.93. The molecule has 0 saturated heterocycles. The molecule has 1 aliphatic heterocycles. The summed E-state index contributed by atoms with van der Waals surface area (Å²) in [4.78, 5) is 6.08. The lowest BCUT2D eigenvalue weighted by Crippen LogP contribution is -2.22.